The third-order valence-corrected chi connectivity index (χ3v) is 2.52. The summed E-state index contributed by atoms with van der Waals surface area (Å²) < 4.78 is 0. The summed E-state index contributed by atoms with van der Waals surface area (Å²) in [6.07, 6.45) is 0. The monoisotopic (exact) mass is 226 g/mol. The van der Waals surface area contributed by atoms with Crippen LogP contribution in [-0.4, -0.2) is 32.1 Å². The topological polar surface area (TPSA) is 15.3 Å². The minimum Gasteiger partial charge on any atom is -0.311 e. The number of hydrogen-bond acceptors (Lipinski definition) is 2. The highest BCUT2D eigenvalue weighted by atomic mass is 35.5. The van der Waals surface area contributed by atoms with Gasteiger partial charge in [-0.2, -0.15) is 0 Å². The summed E-state index contributed by atoms with van der Waals surface area (Å²) in [4.78, 5) is 2.17. The first kappa shape index (κ1) is 12.5. The highest BCUT2D eigenvalue weighted by Crippen LogP contribution is 2.07. The van der Waals surface area contributed by atoms with E-state index in [4.69, 9.17) is 11.6 Å². The number of benzene rings is 1. The van der Waals surface area contributed by atoms with Gasteiger partial charge in [-0.15, -0.1) is 11.6 Å². The molecule has 0 aliphatic heterocycles. The van der Waals surface area contributed by atoms with Gasteiger partial charge in [0, 0.05) is 25.5 Å². The second-order valence-electron chi connectivity index (χ2n) is 3.93. The summed E-state index contributed by atoms with van der Waals surface area (Å²) in [5.41, 5.74) is 2.48. The third kappa shape index (κ3) is 5.17. The molecule has 0 aliphatic carbocycles. The van der Waals surface area contributed by atoms with E-state index in [1.54, 1.807) is 0 Å². The summed E-state index contributed by atoms with van der Waals surface area (Å²) >= 11 is 5.77. The van der Waals surface area contributed by atoms with Crippen LogP contribution < -0.4 is 5.32 Å². The van der Waals surface area contributed by atoms with Gasteiger partial charge in [0.05, 0.1) is 0 Å². The van der Waals surface area contributed by atoms with Crippen molar-refractivity contribution >= 4 is 11.6 Å². The molecule has 1 aromatic rings. The van der Waals surface area contributed by atoms with Gasteiger partial charge in [-0.05, 0) is 25.2 Å². The van der Waals surface area contributed by atoms with Crippen molar-refractivity contribution in [3.05, 3.63) is 35.4 Å². The van der Waals surface area contributed by atoms with E-state index in [2.05, 4.69) is 48.6 Å². The summed E-state index contributed by atoms with van der Waals surface area (Å²) in [5.74, 6) is 0.589. The number of nitrogens with zero attached hydrogens (tertiary/aromatic N) is 1. The van der Waals surface area contributed by atoms with Crippen LogP contribution in [0.25, 0.3) is 0 Å². The Morgan fingerprint density at radius 3 is 2.67 bits per heavy atom. The van der Waals surface area contributed by atoms with E-state index in [-0.39, 0.29) is 0 Å². The van der Waals surface area contributed by atoms with Crippen LogP contribution in [-0.2, 0) is 12.4 Å². The number of rotatable bonds is 6. The Labute approximate surface area is 97.2 Å². The first-order valence-electron chi connectivity index (χ1n) is 5.21. The minimum atomic E-state index is 0.589. The Kier molecular flexibility index (Phi) is 5.69. The van der Waals surface area contributed by atoms with Crippen molar-refractivity contribution in [2.45, 2.75) is 12.4 Å². The lowest BCUT2D eigenvalue weighted by atomic mass is 10.1. The van der Waals surface area contributed by atoms with Gasteiger partial charge in [0.1, 0.15) is 0 Å². The van der Waals surface area contributed by atoms with E-state index in [1.165, 1.54) is 11.1 Å². The van der Waals surface area contributed by atoms with E-state index in [1.807, 2.05) is 0 Å². The molecule has 0 radical (unpaired) electrons. The quantitative estimate of drug-likeness (QED) is 0.590. The lowest BCUT2D eigenvalue weighted by Crippen LogP contribution is -2.26. The van der Waals surface area contributed by atoms with Crippen molar-refractivity contribution in [3.63, 3.8) is 0 Å². The van der Waals surface area contributed by atoms with Gasteiger partial charge in [-0.3, -0.25) is 0 Å². The SMILES string of the molecule is CN(C)CCNCc1cccc(CCl)c1. The molecule has 0 saturated carbocycles. The average molecular weight is 227 g/mol. The second kappa shape index (κ2) is 6.83. The Bertz CT molecular complexity index is 287. The van der Waals surface area contributed by atoms with Crippen LogP contribution in [0.15, 0.2) is 24.3 Å². The molecule has 0 heterocycles. The van der Waals surface area contributed by atoms with Crippen molar-refractivity contribution in [2.24, 2.45) is 0 Å². The maximum atomic E-state index is 5.77. The van der Waals surface area contributed by atoms with Crippen molar-refractivity contribution < 1.29 is 0 Å². The third-order valence-electron chi connectivity index (χ3n) is 2.21. The molecule has 84 valence electrons. The Hall–Kier alpha value is -0.570. The largest absolute Gasteiger partial charge is 0.311 e. The second-order valence-corrected chi connectivity index (χ2v) is 4.20. The molecule has 1 aromatic carbocycles. The normalized spacial score (nSPS) is 10.9. The molecule has 1 N–H and O–H groups in total. The van der Waals surface area contributed by atoms with Crippen LogP contribution in [0.5, 0.6) is 0 Å². The van der Waals surface area contributed by atoms with Crippen molar-refractivity contribution in [2.75, 3.05) is 27.2 Å². The van der Waals surface area contributed by atoms with Gasteiger partial charge in [0.25, 0.3) is 0 Å². The molecule has 2 nitrogen and oxygen atoms in total. The molecule has 0 amide bonds. The fraction of sp³-hybridized carbons (Fsp3) is 0.500. The molecule has 1 rings (SSSR count). The van der Waals surface area contributed by atoms with Crippen molar-refractivity contribution in [3.8, 4) is 0 Å². The maximum absolute atomic E-state index is 5.77. The zero-order chi connectivity index (χ0) is 11.1. The lowest BCUT2D eigenvalue weighted by molar-refractivity contribution is 0.400. The zero-order valence-corrected chi connectivity index (χ0v) is 10.2. The number of nitrogens with one attached hydrogen (secondary N) is 1. The molecular formula is C12H19ClN2. The van der Waals surface area contributed by atoms with E-state index in [9.17, 15) is 0 Å². The van der Waals surface area contributed by atoms with Gasteiger partial charge in [-0.1, -0.05) is 24.3 Å². The van der Waals surface area contributed by atoms with Gasteiger partial charge in [-0.25, -0.2) is 0 Å². The molecule has 0 fully saturated rings. The fourth-order valence-electron chi connectivity index (χ4n) is 1.36. The molecule has 15 heavy (non-hydrogen) atoms. The minimum absolute atomic E-state index is 0.589. The Morgan fingerprint density at radius 1 is 1.27 bits per heavy atom. The summed E-state index contributed by atoms with van der Waals surface area (Å²) in [5, 5.41) is 3.40. The van der Waals surface area contributed by atoms with Crippen LogP contribution in [0.3, 0.4) is 0 Å². The molecule has 0 spiro atoms. The van der Waals surface area contributed by atoms with Gasteiger partial charge >= 0.3 is 0 Å². The van der Waals surface area contributed by atoms with Crippen LogP contribution in [0.1, 0.15) is 11.1 Å². The Morgan fingerprint density at radius 2 is 2.00 bits per heavy atom. The van der Waals surface area contributed by atoms with Crippen LogP contribution >= 0.6 is 11.6 Å². The van der Waals surface area contributed by atoms with Gasteiger partial charge in [0.15, 0.2) is 0 Å². The van der Waals surface area contributed by atoms with Crippen molar-refractivity contribution in [1.29, 1.82) is 0 Å². The highest BCUT2D eigenvalue weighted by molar-refractivity contribution is 6.17. The predicted molar refractivity (Wildman–Crippen MR) is 66.3 cm³/mol. The lowest BCUT2D eigenvalue weighted by Gasteiger charge is -2.10. The molecular weight excluding hydrogens is 208 g/mol. The molecule has 0 atom stereocenters. The number of halogens is 1. The average Bonchev–Trinajstić information content (AvgIpc) is 2.24. The predicted octanol–water partition coefficient (Wildman–Crippen LogP) is 2.08. The molecule has 0 saturated heterocycles. The van der Waals surface area contributed by atoms with E-state index in [0.29, 0.717) is 5.88 Å². The number of hydrogen-bond donors (Lipinski definition) is 1. The van der Waals surface area contributed by atoms with E-state index < -0.39 is 0 Å². The Balaban J connectivity index is 2.30. The standard InChI is InChI=1S/C12H19ClN2/c1-15(2)7-6-14-10-12-5-3-4-11(8-12)9-13/h3-5,8,14H,6-7,9-10H2,1-2H3. The van der Waals surface area contributed by atoms with E-state index in [0.717, 1.165) is 19.6 Å². The first-order chi connectivity index (χ1) is 7.22. The van der Waals surface area contributed by atoms with Crippen molar-refractivity contribution in [1.82, 2.24) is 10.2 Å². The van der Waals surface area contributed by atoms with Gasteiger partial charge in [0.2, 0.25) is 0 Å². The van der Waals surface area contributed by atoms with Crippen LogP contribution in [0.2, 0.25) is 0 Å². The zero-order valence-electron chi connectivity index (χ0n) is 9.46. The van der Waals surface area contributed by atoms with Gasteiger partial charge < -0.3 is 10.2 Å². The molecule has 0 aromatic heterocycles. The summed E-state index contributed by atoms with van der Waals surface area (Å²) in [6.45, 7) is 2.99. The number of alkyl halides is 1. The van der Waals surface area contributed by atoms with Crippen LogP contribution in [0.4, 0.5) is 0 Å². The van der Waals surface area contributed by atoms with Crippen LogP contribution in [0, 0.1) is 0 Å². The maximum Gasteiger partial charge on any atom is 0.0474 e. The smallest absolute Gasteiger partial charge is 0.0474 e. The first-order valence-corrected chi connectivity index (χ1v) is 5.75. The number of likely N-dealkylation sites (N-methyl/N-ethyl adjacent to an activating group) is 1. The summed E-state index contributed by atoms with van der Waals surface area (Å²) in [7, 11) is 4.16. The molecule has 0 aliphatic rings. The molecule has 3 heteroatoms. The molecule has 0 bridgehead atoms. The summed E-state index contributed by atoms with van der Waals surface area (Å²) in [6, 6.07) is 8.38. The fourth-order valence-corrected chi connectivity index (χ4v) is 1.52. The van der Waals surface area contributed by atoms with E-state index >= 15 is 0 Å². The molecule has 0 unspecified atom stereocenters. The highest BCUT2D eigenvalue weighted by Gasteiger charge is 1.95.